The first-order valence-corrected chi connectivity index (χ1v) is 4.82. The first kappa shape index (κ1) is 14.7. The lowest BCUT2D eigenvalue weighted by molar-refractivity contribution is 0.234. The highest BCUT2D eigenvalue weighted by atomic mass is 16.5. The Morgan fingerprint density at radius 3 is 2.38 bits per heavy atom. The van der Waals surface area contributed by atoms with Gasteiger partial charge in [0.15, 0.2) is 0 Å². The van der Waals surface area contributed by atoms with Crippen molar-refractivity contribution in [3.8, 4) is 0 Å². The van der Waals surface area contributed by atoms with Crippen LogP contribution in [0.5, 0.6) is 0 Å². The minimum Gasteiger partial charge on any atom is -0.381 e. The smallest absolute Gasteiger partial charge is 0.0646 e. The van der Waals surface area contributed by atoms with Crippen molar-refractivity contribution in [1.29, 1.82) is 0 Å². The number of methoxy groups -OCH3 is 1. The molecule has 13 heavy (non-hydrogen) atoms. The van der Waals surface area contributed by atoms with Crippen LogP contribution in [-0.4, -0.2) is 13.7 Å². The van der Waals surface area contributed by atoms with Crippen LogP contribution in [-0.2, 0) is 4.74 Å². The minimum atomic E-state index is 0.675. The number of rotatable bonds is 5. The molecule has 0 rings (SSSR count). The lowest BCUT2D eigenvalue weighted by Crippen LogP contribution is -1.81. The first-order valence-electron chi connectivity index (χ1n) is 4.82. The molecule has 0 aliphatic carbocycles. The van der Waals surface area contributed by atoms with Gasteiger partial charge in [-0.05, 0) is 12.0 Å². The second-order valence-corrected chi connectivity index (χ2v) is 2.19. The fourth-order valence-corrected chi connectivity index (χ4v) is 0.738. The van der Waals surface area contributed by atoms with Crippen molar-refractivity contribution in [3.63, 3.8) is 0 Å². The van der Waals surface area contributed by atoms with Crippen LogP contribution in [0.15, 0.2) is 36.5 Å². The standard InChI is InChI=1S/C10H16O.C2H6/c1-4-7-10(5-2)8-6-9-11-3;1-2/h4,6-8H,1,5,9H2,2-3H3;1-2H3/b8-6-,10-7-;. The third-order valence-corrected chi connectivity index (χ3v) is 1.33. The lowest BCUT2D eigenvalue weighted by atomic mass is 10.2. The highest BCUT2D eigenvalue weighted by molar-refractivity contribution is 5.22. The van der Waals surface area contributed by atoms with E-state index in [1.165, 1.54) is 5.57 Å². The molecule has 1 nitrogen and oxygen atoms in total. The number of hydrogen-bond donors (Lipinski definition) is 0. The normalized spacial score (nSPS) is 10.9. The summed E-state index contributed by atoms with van der Waals surface area (Å²) in [6, 6.07) is 0. The van der Waals surface area contributed by atoms with Gasteiger partial charge >= 0.3 is 0 Å². The van der Waals surface area contributed by atoms with E-state index < -0.39 is 0 Å². The minimum absolute atomic E-state index is 0.675. The first-order chi connectivity index (χ1) is 6.35. The van der Waals surface area contributed by atoms with Gasteiger partial charge in [0.25, 0.3) is 0 Å². The molecule has 0 aromatic rings. The van der Waals surface area contributed by atoms with Gasteiger partial charge in [-0.1, -0.05) is 51.7 Å². The quantitative estimate of drug-likeness (QED) is 0.588. The largest absolute Gasteiger partial charge is 0.381 e. The molecule has 0 heterocycles. The average molecular weight is 182 g/mol. The summed E-state index contributed by atoms with van der Waals surface area (Å²) in [5, 5.41) is 0. The van der Waals surface area contributed by atoms with Crippen LogP contribution in [0.3, 0.4) is 0 Å². The van der Waals surface area contributed by atoms with E-state index in [4.69, 9.17) is 4.74 Å². The Bertz CT molecular complexity index is 155. The molecular weight excluding hydrogens is 160 g/mol. The van der Waals surface area contributed by atoms with E-state index in [1.54, 1.807) is 13.2 Å². The maximum absolute atomic E-state index is 4.88. The summed E-state index contributed by atoms with van der Waals surface area (Å²) in [5.41, 5.74) is 1.28. The zero-order valence-corrected chi connectivity index (χ0v) is 9.34. The van der Waals surface area contributed by atoms with Crippen molar-refractivity contribution in [1.82, 2.24) is 0 Å². The van der Waals surface area contributed by atoms with E-state index in [9.17, 15) is 0 Å². The Morgan fingerprint density at radius 2 is 2.00 bits per heavy atom. The lowest BCUT2D eigenvalue weighted by Gasteiger charge is -1.93. The molecule has 0 fully saturated rings. The fourth-order valence-electron chi connectivity index (χ4n) is 0.738. The predicted molar refractivity (Wildman–Crippen MR) is 60.9 cm³/mol. The van der Waals surface area contributed by atoms with Gasteiger partial charge in [-0.3, -0.25) is 0 Å². The van der Waals surface area contributed by atoms with Crippen LogP contribution < -0.4 is 0 Å². The summed E-state index contributed by atoms with van der Waals surface area (Å²) in [6.45, 7) is 10.4. The molecule has 76 valence electrons. The molecule has 1 heteroatoms. The molecule has 0 aromatic carbocycles. The summed E-state index contributed by atoms with van der Waals surface area (Å²) >= 11 is 0. The molecule has 0 atom stereocenters. The molecule has 0 aromatic heterocycles. The second kappa shape index (κ2) is 13.7. The third kappa shape index (κ3) is 11.2. The predicted octanol–water partition coefficient (Wildman–Crippen LogP) is 3.74. The van der Waals surface area contributed by atoms with Gasteiger partial charge in [0.1, 0.15) is 0 Å². The third-order valence-electron chi connectivity index (χ3n) is 1.33. The molecule has 0 unspecified atom stereocenters. The molecule has 0 N–H and O–H groups in total. The van der Waals surface area contributed by atoms with Crippen LogP contribution >= 0.6 is 0 Å². The maximum Gasteiger partial charge on any atom is 0.0646 e. The van der Waals surface area contributed by atoms with Gasteiger partial charge in [-0.2, -0.15) is 0 Å². The summed E-state index contributed by atoms with van der Waals surface area (Å²) < 4.78 is 4.88. The highest BCUT2D eigenvalue weighted by Crippen LogP contribution is 2.01. The van der Waals surface area contributed by atoms with Crippen LogP contribution in [0.1, 0.15) is 27.2 Å². The van der Waals surface area contributed by atoms with E-state index in [1.807, 2.05) is 26.0 Å². The average Bonchev–Trinajstić information content (AvgIpc) is 2.20. The van der Waals surface area contributed by atoms with Gasteiger partial charge in [-0.25, -0.2) is 0 Å². The molecule has 0 bridgehead atoms. The Labute approximate surface area is 82.8 Å². The van der Waals surface area contributed by atoms with E-state index in [-0.39, 0.29) is 0 Å². The molecular formula is C12H22O. The van der Waals surface area contributed by atoms with Crippen molar-refractivity contribution < 1.29 is 4.74 Å². The van der Waals surface area contributed by atoms with E-state index in [2.05, 4.69) is 19.6 Å². The Kier molecular flexibility index (Phi) is 15.5. The van der Waals surface area contributed by atoms with Crippen molar-refractivity contribution >= 4 is 0 Å². The van der Waals surface area contributed by atoms with Gasteiger partial charge in [0.05, 0.1) is 6.61 Å². The van der Waals surface area contributed by atoms with Crippen LogP contribution in [0, 0.1) is 0 Å². The van der Waals surface area contributed by atoms with Gasteiger partial charge in [0, 0.05) is 7.11 Å². The molecule has 0 aliphatic rings. The molecule has 0 saturated heterocycles. The van der Waals surface area contributed by atoms with Gasteiger partial charge in [-0.15, -0.1) is 0 Å². The van der Waals surface area contributed by atoms with Gasteiger partial charge < -0.3 is 4.74 Å². The number of hydrogen-bond acceptors (Lipinski definition) is 1. The fraction of sp³-hybridized carbons (Fsp3) is 0.500. The van der Waals surface area contributed by atoms with Crippen molar-refractivity contribution in [3.05, 3.63) is 36.5 Å². The molecule has 0 spiro atoms. The van der Waals surface area contributed by atoms with Crippen molar-refractivity contribution in [2.75, 3.05) is 13.7 Å². The highest BCUT2D eigenvalue weighted by Gasteiger charge is 1.83. The number of ether oxygens (including phenoxy) is 1. The summed E-state index contributed by atoms with van der Waals surface area (Å²) in [7, 11) is 1.69. The van der Waals surface area contributed by atoms with E-state index >= 15 is 0 Å². The van der Waals surface area contributed by atoms with Crippen LogP contribution in [0.2, 0.25) is 0 Å². The Balaban J connectivity index is 0. The second-order valence-electron chi connectivity index (χ2n) is 2.19. The van der Waals surface area contributed by atoms with Crippen LogP contribution in [0.4, 0.5) is 0 Å². The van der Waals surface area contributed by atoms with E-state index in [0.29, 0.717) is 6.61 Å². The Morgan fingerprint density at radius 1 is 1.38 bits per heavy atom. The SMILES string of the molecule is C=C/C=C(\C=C/COC)CC.CC. The number of allylic oxidation sites excluding steroid dienone is 4. The monoisotopic (exact) mass is 182 g/mol. The summed E-state index contributed by atoms with van der Waals surface area (Å²) in [6.07, 6.45) is 8.90. The topological polar surface area (TPSA) is 9.23 Å². The van der Waals surface area contributed by atoms with Crippen LogP contribution in [0.25, 0.3) is 0 Å². The molecule has 0 amide bonds. The van der Waals surface area contributed by atoms with Crippen molar-refractivity contribution in [2.45, 2.75) is 27.2 Å². The van der Waals surface area contributed by atoms with Crippen molar-refractivity contribution in [2.24, 2.45) is 0 Å². The van der Waals surface area contributed by atoms with Gasteiger partial charge in [0.2, 0.25) is 0 Å². The Hall–Kier alpha value is -0.820. The molecule has 0 aliphatic heterocycles. The summed E-state index contributed by atoms with van der Waals surface area (Å²) in [5.74, 6) is 0. The molecule has 0 radical (unpaired) electrons. The zero-order valence-electron chi connectivity index (χ0n) is 9.34. The maximum atomic E-state index is 4.88. The van der Waals surface area contributed by atoms with E-state index in [0.717, 1.165) is 6.42 Å². The zero-order chi connectivity index (χ0) is 10.5. The molecule has 0 saturated carbocycles. The summed E-state index contributed by atoms with van der Waals surface area (Å²) in [4.78, 5) is 0.